The maximum absolute atomic E-state index is 12.5. The van der Waals surface area contributed by atoms with Gasteiger partial charge in [-0.3, -0.25) is 4.79 Å². The van der Waals surface area contributed by atoms with E-state index >= 15 is 0 Å². The van der Waals surface area contributed by atoms with Crippen molar-refractivity contribution in [3.8, 4) is 0 Å². The molecule has 1 saturated heterocycles. The summed E-state index contributed by atoms with van der Waals surface area (Å²) in [6, 6.07) is 13.9. The van der Waals surface area contributed by atoms with Gasteiger partial charge in [-0.1, -0.05) is 28.1 Å². The van der Waals surface area contributed by atoms with E-state index in [1.165, 1.54) is 4.31 Å². The van der Waals surface area contributed by atoms with Gasteiger partial charge in [0.05, 0.1) is 4.90 Å². The smallest absolute Gasteiger partial charge is 0.287 e. The molecule has 8 heteroatoms. The zero-order valence-electron chi connectivity index (χ0n) is 15.0. The number of amides is 1. The molecular weight excluding hydrogens is 444 g/mol. The van der Waals surface area contributed by atoms with E-state index in [1.807, 2.05) is 12.1 Å². The van der Waals surface area contributed by atoms with Gasteiger partial charge in [-0.25, -0.2) is 8.42 Å². The van der Waals surface area contributed by atoms with Crippen molar-refractivity contribution in [1.82, 2.24) is 9.62 Å². The van der Waals surface area contributed by atoms with Gasteiger partial charge in [0.25, 0.3) is 5.91 Å². The zero-order chi connectivity index (χ0) is 19.7. The Labute approximate surface area is 171 Å². The third-order valence-corrected chi connectivity index (χ3v) is 7.19. The molecule has 2 aromatic carbocycles. The summed E-state index contributed by atoms with van der Waals surface area (Å²) in [4.78, 5) is 12.6. The number of nitrogens with zero attached hydrogens (tertiary/aromatic N) is 1. The number of sulfonamides is 1. The number of rotatable bonds is 5. The lowest BCUT2D eigenvalue weighted by Gasteiger charge is -2.15. The molecule has 0 atom stereocenters. The number of hydrogen-bond acceptors (Lipinski definition) is 4. The van der Waals surface area contributed by atoms with Crippen LogP contribution >= 0.6 is 15.9 Å². The van der Waals surface area contributed by atoms with Crippen molar-refractivity contribution in [2.75, 3.05) is 13.1 Å². The van der Waals surface area contributed by atoms with E-state index in [9.17, 15) is 13.2 Å². The van der Waals surface area contributed by atoms with Crippen LogP contribution in [0.1, 0.15) is 29.0 Å². The Bertz CT molecular complexity index is 1120. The molecule has 1 amide bonds. The number of carbonyl (C=O) groups is 1. The molecule has 0 saturated carbocycles. The normalized spacial score (nSPS) is 15.2. The quantitative estimate of drug-likeness (QED) is 0.623. The summed E-state index contributed by atoms with van der Waals surface area (Å²) >= 11 is 3.39. The Hall–Kier alpha value is -2.16. The first-order valence-corrected chi connectivity index (χ1v) is 11.2. The molecule has 0 aliphatic carbocycles. The lowest BCUT2D eigenvalue weighted by atomic mass is 10.2. The van der Waals surface area contributed by atoms with Crippen LogP contribution in [-0.2, 0) is 16.6 Å². The number of hydrogen-bond donors (Lipinski definition) is 1. The maximum Gasteiger partial charge on any atom is 0.287 e. The molecule has 0 spiro atoms. The van der Waals surface area contributed by atoms with E-state index in [1.54, 1.807) is 36.4 Å². The summed E-state index contributed by atoms with van der Waals surface area (Å²) in [6.45, 7) is 1.44. The van der Waals surface area contributed by atoms with Crippen molar-refractivity contribution in [1.29, 1.82) is 0 Å². The van der Waals surface area contributed by atoms with Gasteiger partial charge in [0, 0.05) is 29.5 Å². The first kappa shape index (κ1) is 19.2. The Morgan fingerprint density at radius 1 is 1.07 bits per heavy atom. The second kappa shape index (κ2) is 7.69. The van der Waals surface area contributed by atoms with Crippen LogP contribution in [0.4, 0.5) is 0 Å². The van der Waals surface area contributed by atoms with Crippen LogP contribution in [0, 0.1) is 0 Å². The van der Waals surface area contributed by atoms with Crippen LogP contribution in [0.2, 0.25) is 0 Å². The molecule has 0 unspecified atom stereocenters. The molecule has 0 bridgehead atoms. The Morgan fingerprint density at radius 3 is 2.50 bits per heavy atom. The van der Waals surface area contributed by atoms with Gasteiger partial charge in [-0.05, 0) is 54.8 Å². The Kier molecular flexibility index (Phi) is 5.27. The van der Waals surface area contributed by atoms with E-state index < -0.39 is 10.0 Å². The van der Waals surface area contributed by atoms with Gasteiger partial charge in [-0.15, -0.1) is 0 Å². The third kappa shape index (κ3) is 3.85. The van der Waals surface area contributed by atoms with Crippen LogP contribution in [-0.4, -0.2) is 31.7 Å². The summed E-state index contributed by atoms with van der Waals surface area (Å²) in [6.07, 6.45) is 1.81. The summed E-state index contributed by atoms with van der Waals surface area (Å²) in [5.41, 5.74) is 1.46. The number of furan rings is 1. The van der Waals surface area contributed by atoms with Crippen LogP contribution in [0.3, 0.4) is 0 Å². The largest absolute Gasteiger partial charge is 0.451 e. The maximum atomic E-state index is 12.5. The average Bonchev–Trinajstić information content (AvgIpc) is 3.36. The predicted octanol–water partition coefficient (Wildman–Crippen LogP) is 3.91. The number of benzene rings is 2. The van der Waals surface area contributed by atoms with E-state index in [0.29, 0.717) is 18.7 Å². The molecule has 2 heterocycles. The summed E-state index contributed by atoms with van der Waals surface area (Å²) < 4.78 is 33.1. The zero-order valence-corrected chi connectivity index (χ0v) is 17.4. The van der Waals surface area contributed by atoms with E-state index in [4.69, 9.17) is 4.42 Å². The number of fused-ring (bicyclic) bond motifs is 1. The second-order valence-corrected chi connectivity index (χ2v) is 9.58. The van der Waals surface area contributed by atoms with Crippen LogP contribution in [0.5, 0.6) is 0 Å². The highest BCUT2D eigenvalue weighted by Crippen LogP contribution is 2.24. The van der Waals surface area contributed by atoms with Gasteiger partial charge >= 0.3 is 0 Å². The van der Waals surface area contributed by atoms with Crippen molar-refractivity contribution in [2.24, 2.45) is 0 Å². The second-order valence-electron chi connectivity index (χ2n) is 6.73. The van der Waals surface area contributed by atoms with Crippen molar-refractivity contribution in [3.63, 3.8) is 0 Å². The van der Waals surface area contributed by atoms with Crippen LogP contribution in [0.25, 0.3) is 11.0 Å². The highest BCUT2D eigenvalue weighted by Gasteiger charge is 2.26. The van der Waals surface area contributed by atoms with Gasteiger partial charge < -0.3 is 9.73 Å². The van der Waals surface area contributed by atoms with Gasteiger partial charge in [0.15, 0.2) is 5.76 Å². The first-order chi connectivity index (χ1) is 13.4. The minimum atomic E-state index is -3.42. The molecular formula is C20H19BrN2O4S. The van der Waals surface area contributed by atoms with Gasteiger partial charge in [0.1, 0.15) is 5.58 Å². The number of carbonyl (C=O) groups excluding carboxylic acids is 1. The van der Waals surface area contributed by atoms with Crippen molar-refractivity contribution in [2.45, 2.75) is 24.3 Å². The highest BCUT2D eigenvalue weighted by atomic mass is 79.9. The van der Waals surface area contributed by atoms with E-state index in [-0.39, 0.29) is 23.1 Å². The first-order valence-electron chi connectivity index (χ1n) is 9.00. The molecule has 1 aliphatic heterocycles. The fraction of sp³-hybridized carbons (Fsp3) is 0.250. The Balaban J connectivity index is 1.42. The van der Waals surface area contributed by atoms with Gasteiger partial charge in [-0.2, -0.15) is 4.31 Å². The molecule has 1 fully saturated rings. The number of halogens is 1. The minimum Gasteiger partial charge on any atom is -0.451 e. The standard InChI is InChI=1S/C20H19BrN2O4S/c21-16-5-8-18-15(11-16)12-19(27-18)20(24)22-13-14-3-6-17(7-4-14)28(25,26)23-9-1-2-10-23/h3-8,11-12H,1-2,9-10,13H2,(H,22,24). The lowest BCUT2D eigenvalue weighted by molar-refractivity contribution is 0.0925. The highest BCUT2D eigenvalue weighted by molar-refractivity contribution is 9.10. The van der Waals surface area contributed by atoms with E-state index in [0.717, 1.165) is 28.3 Å². The molecule has 0 radical (unpaired) electrons. The molecule has 1 N–H and O–H groups in total. The molecule has 1 aliphatic rings. The fourth-order valence-electron chi connectivity index (χ4n) is 3.25. The monoisotopic (exact) mass is 462 g/mol. The average molecular weight is 463 g/mol. The third-order valence-electron chi connectivity index (χ3n) is 4.78. The molecule has 4 rings (SSSR count). The molecule has 146 valence electrons. The van der Waals surface area contributed by atoms with Crippen LogP contribution in [0.15, 0.2) is 62.3 Å². The topological polar surface area (TPSA) is 79.6 Å². The molecule has 3 aromatic rings. The molecule has 1 aromatic heterocycles. The van der Waals surface area contributed by atoms with Gasteiger partial charge in [0.2, 0.25) is 10.0 Å². The number of nitrogens with one attached hydrogen (secondary N) is 1. The van der Waals surface area contributed by atoms with Crippen molar-refractivity contribution < 1.29 is 17.6 Å². The van der Waals surface area contributed by atoms with E-state index in [2.05, 4.69) is 21.2 Å². The summed E-state index contributed by atoms with van der Waals surface area (Å²) in [7, 11) is -3.42. The van der Waals surface area contributed by atoms with Crippen molar-refractivity contribution >= 4 is 42.8 Å². The Morgan fingerprint density at radius 2 is 1.79 bits per heavy atom. The summed E-state index contributed by atoms with van der Waals surface area (Å²) in [5.74, 6) is -0.0811. The lowest BCUT2D eigenvalue weighted by Crippen LogP contribution is -2.27. The summed E-state index contributed by atoms with van der Waals surface area (Å²) in [5, 5.41) is 3.64. The molecule has 6 nitrogen and oxygen atoms in total. The SMILES string of the molecule is O=C(NCc1ccc(S(=O)(=O)N2CCCC2)cc1)c1cc2cc(Br)ccc2o1. The van der Waals surface area contributed by atoms with Crippen LogP contribution < -0.4 is 5.32 Å². The molecule has 28 heavy (non-hydrogen) atoms. The fourth-order valence-corrected chi connectivity index (χ4v) is 5.15. The van der Waals surface area contributed by atoms with Crippen molar-refractivity contribution in [3.05, 3.63) is 64.3 Å². The predicted molar refractivity (Wildman–Crippen MR) is 110 cm³/mol. The minimum absolute atomic E-state index is 0.237.